The summed E-state index contributed by atoms with van der Waals surface area (Å²) in [4.78, 5) is 0. The molecule has 4 N–H and O–H groups in total. The maximum atomic E-state index is 8.97. The zero-order chi connectivity index (χ0) is 11.3. The Kier molecular flexibility index (Phi) is 4.46. The van der Waals surface area contributed by atoms with Gasteiger partial charge >= 0.3 is 7.12 Å². The molecule has 0 unspecified atom stereocenters. The fourth-order valence-corrected chi connectivity index (χ4v) is 1.16. The predicted molar refractivity (Wildman–Crippen MR) is 61.1 cm³/mol. The number of nitrogens with two attached hydrogens (primary N) is 1. The Labute approximate surface area is 89.8 Å². The van der Waals surface area contributed by atoms with Crippen molar-refractivity contribution in [3.05, 3.63) is 18.2 Å². The molecule has 0 heterocycles. The van der Waals surface area contributed by atoms with Gasteiger partial charge in [0.25, 0.3) is 0 Å². The molecule has 0 bridgehead atoms. The second-order valence-electron chi connectivity index (χ2n) is 3.37. The highest BCUT2D eigenvalue weighted by Gasteiger charge is 2.12. The molecular weight excluding hydrogens is 193 g/mol. The topological polar surface area (TPSA) is 75.7 Å². The van der Waals surface area contributed by atoms with Gasteiger partial charge in [-0.05, 0) is 24.0 Å². The van der Waals surface area contributed by atoms with E-state index in [1.807, 2.05) is 0 Å². The van der Waals surface area contributed by atoms with Crippen molar-refractivity contribution in [2.45, 2.75) is 19.8 Å². The van der Waals surface area contributed by atoms with Crippen LogP contribution in [0.1, 0.15) is 19.8 Å². The van der Waals surface area contributed by atoms with Crippen LogP contribution in [0, 0.1) is 0 Å². The quantitative estimate of drug-likeness (QED) is 0.366. The van der Waals surface area contributed by atoms with E-state index in [2.05, 4.69) is 6.92 Å². The molecule has 5 heteroatoms. The fraction of sp³-hybridized carbons (Fsp3) is 0.400. The lowest BCUT2D eigenvalue weighted by Crippen LogP contribution is -2.29. The molecule has 1 aromatic carbocycles. The highest BCUT2D eigenvalue weighted by Crippen LogP contribution is 2.19. The summed E-state index contributed by atoms with van der Waals surface area (Å²) >= 11 is 0. The van der Waals surface area contributed by atoms with Crippen LogP contribution in [0.2, 0.25) is 0 Å². The Hall–Kier alpha value is -1.20. The Balaban J connectivity index is 2.72. The molecule has 0 aliphatic rings. The van der Waals surface area contributed by atoms with Gasteiger partial charge in [0.05, 0.1) is 12.3 Å². The molecule has 0 atom stereocenters. The van der Waals surface area contributed by atoms with Crippen LogP contribution in [-0.2, 0) is 0 Å². The minimum absolute atomic E-state index is 0.385. The summed E-state index contributed by atoms with van der Waals surface area (Å²) in [5.41, 5.74) is 6.58. The SMILES string of the molecule is CCCCOc1cc(B(O)O)ccc1N. The monoisotopic (exact) mass is 209 g/mol. The molecule has 0 fully saturated rings. The van der Waals surface area contributed by atoms with Crippen molar-refractivity contribution in [3.8, 4) is 5.75 Å². The van der Waals surface area contributed by atoms with Crippen molar-refractivity contribution < 1.29 is 14.8 Å². The van der Waals surface area contributed by atoms with Crippen LogP contribution in [0.3, 0.4) is 0 Å². The van der Waals surface area contributed by atoms with E-state index in [0.29, 0.717) is 23.5 Å². The van der Waals surface area contributed by atoms with Crippen molar-refractivity contribution in [1.29, 1.82) is 0 Å². The Morgan fingerprint density at radius 2 is 2.13 bits per heavy atom. The third-order valence-corrected chi connectivity index (χ3v) is 2.09. The first-order valence-corrected chi connectivity index (χ1v) is 5.03. The predicted octanol–water partition coefficient (Wildman–Crippen LogP) is 0.128. The third-order valence-electron chi connectivity index (χ3n) is 2.09. The van der Waals surface area contributed by atoms with E-state index in [9.17, 15) is 0 Å². The Morgan fingerprint density at radius 3 is 2.73 bits per heavy atom. The van der Waals surface area contributed by atoms with Crippen molar-refractivity contribution >= 4 is 18.3 Å². The second kappa shape index (κ2) is 5.63. The average molecular weight is 209 g/mol. The summed E-state index contributed by atoms with van der Waals surface area (Å²) in [5, 5.41) is 17.9. The van der Waals surface area contributed by atoms with Gasteiger partial charge < -0.3 is 20.5 Å². The van der Waals surface area contributed by atoms with E-state index >= 15 is 0 Å². The van der Waals surface area contributed by atoms with Crippen molar-refractivity contribution in [2.75, 3.05) is 12.3 Å². The number of unbranched alkanes of at least 4 members (excludes halogenated alkanes) is 1. The molecule has 1 aromatic rings. The first-order chi connectivity index (χ1) is 7.15. The van der Waals surface area contributed by atoms with E-state index in [1.54, 1.807) is 18.2 Å². The van der Waals surface area contributed by atoms with Crippen LogP contribution in [0.25, 0.3) is 0 Å². The summed E-state index contributed by atoms with van der Waals surface area (Å²) in [5.74, 6) is 0.508. The van der Waals surface area contributed by atoms with Gasteiger partial charge in [0.2, 0.25) is 0 Å². The summed E-state index contributed by atoms with van der Waals surface area (Å²) in [7, 11) is -1.49. The molecule has 4 nitrogen and oxygen atoms in total. The van der Waals surface area contributed by atoms with Crippen molar-refractivity contribution in [3.63, 3.8) is 0 Å². The first-order valence-electron chi connectivity index (χ1n) is 5.03. The molecule has 0 radical (unpaired) electrons. The third kappa shape index (κ3) is 3.45. The number of rotatable bonds is 5. The molecule has 0 spiro atoms. The number of hydrogen-bond acceptors (Lipinski definition) is 4. The molecule has 0 aliphatic carbocycles. The minimum atomic E-state index is -1.49. The van der Waals surface area contributed by atoms with Gasteiger partial charge in [0.1, 0.15) is 5.75 Å². The lowest BCUT2D eigenvalue weighted by molar-refractivity contribution is 0.311. The largest absolute Gasteiger partial charge is 0.491 e. The van der Waals surface area contributed by atoms with Crippen LogP contribution < -0.4 is 15.9 Å². The number of hydrogen-bond donors (Lipinski definition) is 3. The Morgan fingerprint density at radius 1 is 1.40 bits per heavy atom. The van der Waals surface area contributed by atoms with Gasteiger partial charge in [0.15, 0.2) is 0 Å². The fourth-order valence-electron chi connectivity index (χ4n) is 1.16. The van der Waals surface area contributed by atoms with Crippen molar-refractivity contribution in [2.24, 2.45) is 0 Å². The summed E-state index contributed by atoms with van der Waals surface area (Å²) in [6.07, 6.45) is 1.99. The van der Waals surface area contributed by atoms with Crippen LogP contribution in [-0.4, -0.2) is 23.8 Å². The van der Waals surface area contributed by atoms with E-state index in [1.165, 1.54) is 0 Å². The molecule has 0 saturated carbocycles. The maximum Gasteiger partial charge on any atom is 0.488 e. The van der Waals surface area contributed by atoms with Crippen LogP contribution in [0.4, 0.5) is 5.69 Å². The van der Waals surface area contributed by atoms with Gasteiger partial charge in [-0.15, -0.1) is 0 Å². The summed E-state index contributed by atoms with van der Waals surface area (Å²) in [6, 6.07) is 4.72. The highest BCUT2D eigenvalue weighted by atomic mass is 16.5. The lowest BCUT2D eigenvalue weighted by atomic mass is 9.80. The Bertz CT molecular complexity index is 318. The zero-order valence-electron chi connectivity index (χ0n) is 8.81. The number of ether oxygens (including phenoxy) is 1. The molecule has 0 saturated heterocycles. The summed E-state index contributed by atoms with van der Waals surface area (Å²) < 4.78 is 5.42. The van der Waals surface area contributed by atoms with Crippen LogP contribution in [0.15, 0.2) is 18.2 Å². The molecule has 0 aliphatic heterocycles. The molecule has 0 aromatic heterocycles. The highest BCUT2D eigenvalue weighted by molar-refractivity contribution is 6.58. The number of benzene rings is 1. The van der Waals surface area contributed by atoms with Crippen LogP contribution in [0.5, 0.6) is 5.75 Å². The second-order valence-corrected chi connectivity index (χ2v) is 3.37. The van der Waals surface area contributed by atoms with Gasteiger partial charge in [-0.2, -0.15) is 0 Å². The minimum Gasteiger partial charge on any atom is -0.491 e. The van der Waals surface area contributed by atoms with Gasteiger partial charge in [-0.1, -0.05) is 19.4 Å². The molecular formula is C10H16BNO3. The summed E-state index contributed by atoms with van der Waals surface area (Å²) in [6.45, 7) is 2.66. The number of anilines is 1. The standard InChI is InChI=1S/C10H16BNO3/c1-2-3-6-15-10-7-8(11(13)14)4-5-9(10)12/h4-5,7,13-14H,2-3,6,12H2,1H3. The van der Waals surface area contributed by atoms with E-state index in [-0.39, 0.29) is 0 Å². The lowest BCUT2D eigenvalue weighted by Gasteiger charge is -2.10. The van der Waals surface area contributed by atoms with Gasteiger partial charge in [-0.25, -0.2) is 0 Å². The van der Waals surface area contributed by atoms with Gasteiger partial charge in [0, 0.05) is 0 Å². The van der Waals surface area contributed by atoms with E-state index < -0.39 is 7.12 Å². The molecule has 82 valence electrons. The average Bonchev–Trinajstić information content (AvgIpc) is 2.20. The molecule has 1 rings (SSSR count). The van der Waals surface area contributed by atoms with Gasteiger partial charge in [-0.3, -0.25) is 0 Å². The normalized spacial score (nSPS) is 10.1. The van der Waals surface area contributed by atoms with Crippen LogP contribution >= 0.6 is 0 Å². The first kappa shape index (κ1) is 11.9. The molecule has 15 heavy (non-hydrogen) atoms. The van der Waals surface area contributed by atoms with E-state index in [0.717, 1.165) is 12.8 Å². The maximum absolute atomic E-state index is 8.97. The zero-order valence-corrected chi connectivity index (χ0v) is 8.81. The number of nitrogen functional groups attached to an aromatic ring is 1. The van der Waals surface area contributed by atoms with Crippen molar-refractivity contribution in [1.82, 2.24) is 0 Å². The smallest absolute Gasteiger partial charge is 0.488 e. The molecule has 0 amide bonds. The van der Waals surface area contributed by atoms with E-state index in [4.69, 9.17) is 20.5 Å².